The Balaban J connectivity index is 1.37. The van der Waals surface area contributed by atoms with Crippen LogP contribution < -0.4 is 5.32 Å². The summed E-state index contributed by atoms with van der Waals surface area (Å²) in [6.45, 7) is 5.24. The molecule has 1 saturated carbocycles. The van der Waals surface area contributed by atoms with Crippen LogP contribution in [0.25, 0.3) is 0 Å². The summed E-state index contributed by atoms with van der Waals surface area (Å²) >= 11 is 0. The van der Waals surface area contributed by atoms with E-state index in [-0.39, 0.29) is 29.8 Å². The number of fused-ring (bicyclic) bond motifs is 1. The van der Waals surface area contributed by atoms with E-state index in [1.807, 2.05) is 4.90 Å². The lowest BCUT2D eigenvalue weighted by molar-refractivity contribution is -0.137. The molecule has 1 aliphatic carbocycles. The predicted molar refractivity (Wildman–Crippen MR) is 107 cm³/mol. The SMILES string of the molecule is C[C@H]1C[C@@H]2[C@@H](CC(=O)N2Cc2ccc(C(F)(F)F)cc2)[C@@H]1CNC(=O)N1CCOCC1. The van der Waals surface area contributed by atoms with E-state index in [4.69, 9.17) is 4.74 Å². The number of carbonyl (C=O) groups excluding carboxylic acids is 2. The number of urea groups is 1. The van der Waals surface area contributed by atoms with Gasteiger partial charge in [-0.2, -0.15) is 13.2 Å². The molecule has 31 heavy (non-hydrogen) atoms. The van der Waals surface area contributed by atoms with Gasteiger partial charge < -0.3 is 19.9 Å². The van der Waals surface area contributed by atoms with Gasteiger partial charge >= 0.3 is 12.2 Å². The van der Waals surface area contributed by atoms with E-state index in [2.05, 4.69) is 12.2 Å². The molecule has 0 unspecified atom stereocenters. The maximum Gasteiger partial charge on any atom is 0.416 e. The van der Waals surface area contributed by atoms with Gasteiger partial charge in [-0.3, -0.25) is 4.79 Å². The first-order valence-corrected chi connectivity index (χ1v) is 10.8. The van der Waals surface area contributed by atoms with E-state index in [0.29, 0.717) is 57.3 Å². The van der Waals surface area contributed by atoms with Crippen LogP contribution in [0.4, 0.5) is 18.0 Å². The standard InChI is InChI=1S/C22H28F3N3O3/c1-14-10-19-17(18(14)12-26-21(30)27-6-8-31-9-7-27)11-20(29)28(19)13-15-2-4-16(5-3-15)22(23,24)25/h2-5,14,17-19H,6-13H2,1H3,(H,26,30)/t14-,17-,18+,19+/m0/s1. The number of rotatable bonds is 4. The Morgan fingerprint density at radius 2 is 1.87 bits per heavy atom. The molecule has 3 amide bonds. The highest BCUT2D eigenvalue weighted by molar-refractivity contribution is 5.79. The monoisotopic (exact) mass is 439 g/mol. The number of likely N-dealkylation sites (tertiary alicyclic amines) is 1. The fourth-order valence-electron chi connectivity index (χ4n) is 5.22. The van der Waals surface area contributed by atoms with E-state index in [0.717, 1.165) is 18.6 Å². The zero-order valence-electron chi connectivity index (χ0n) is 17.5. The Kier molecular flexibility index (Phi) is 6.14. The molecule has 2 aliphatic heterocycles. The lowest BCUT2D eigenvalue weighted by Crippen LogP contribution is -2.47. The minimum Gasteiger partial charge on any atom is -0.378 e. The molecule has 3 fully saturated rings. The van der Waals surface area contributed by atoms with Crippen molar-refractivity contribution in [1.29, 1.82) is 0 Å². The molecule has 0 spiro atoms. The smallest absolute Gasteiger partial charge is 0.378 e. The van der Waals surface area contributed by atoms with Crippen molar-refractivity contribution in [3.8, 4) is 0 Å². The van der Waals surface area contributed by atoms with Gasteiger partial charge in [-0.1, -0.05) is 19.1 Å². The lowest BCUT2D eigenvalue weighted by atomic mass is 9.88. The number of amides is 3. The summed E-state index contributed by atoms with van der Waals surface area (Å²) < 4.78 is 43.7. The molecule has 0 bridgehead atoms. The number of morpholine rings is 1. The van der Waals surface area contributed by atoms with Gasteiger partial charge in [0.2, 0.25) is 5.91 Å². The number of nitrogens with one attached hydrogen (secondary N) is 1. The lowest BCUT2D eigenvalue weighted by Gasteiger charge is -2.29. The highest BCUT2D eigenvalue weighted by Crippen LogP contribution is 2.46. The second-order valence-corrected chi connectivity index (χ2v) is 8.81. The van der Waals surface area contributed by atoms with Crippen molar-refractivity contribution in [3.05, 3.63) is 35.4 Å². The maximum absolute atomic E-state index is 12.8. The fourth-order valence-corrected chi connectivity index (χ4v) is 5.22. The van der Waals surface area contributed by atoms with Crippen molar-refractivity contribution in [2.75, 3.05) is 32.8 Å². The molecule has 0 radical (unpaired) electrons. The van der Waals surface area contributed by atoms with Crippen LogP contribution in [-0.2, 0) is 22.3 Å². The molecule has 2 saturated heterocycles. The zero-order chi connectivity index (χ0) is 22.2. The van der Waals surface area contributed by atoms with Crippen molar-refractivity contribution < 1.29 is 27.5 Å². The van der Waals surface area contributed by atoms with E-state index in [1.54, 1.807) is 4.90 Å². The molecule has 1 aromatic carbocycles. The first-order valence-electron chi connectivity index (χ1n) is 10.8. The Bertz CT molecular complexity index is 808. The molecule has 2 heterocycles. The van der Waals surface area contributed by atoms with E-state index < -0.39 is 11.7 Å². The highest BCUT2D eigenvalue weighted by atomic mass is 19.4. The summed E-state index contributed by atoms with van der Waals surface area (Å²) in [6.07, 6.45) is -3.10. The first-order chi connectivity index (χ1) is 14.7. The Morgan fingerprint density at radius 1 is 1.19 bits per heavy atom. The van der Waals surface area contributed by atoms with Crippen LogP contribution in [0.5, 0.6) is 0 Å². The second kappa shape index (κ2) is 8.68. The number of nitrogens with zero attached hydrogens (tertiary/aromatic N) is 2. The van der Waals surface area contributed by atoms with Crippen LogP contribution in [-0.4, -0.2) is 60.6 Å². The van der Waals surface area contributed by atoms with Crippen LogP contribution in [0.3, 0.4) is 0 Å². The molecular formula is C22H28F3N3O3. The number of hydrogen-bond donors (Lipinski definition) is 1. The van der Waals surface area contributed by atoms with Crippen LogP contribution >= 0.6 is 0 Å². The van der Waals surface area contributed by atoms with Gasteiger partial charge in [-0.15, -0.1) is 0 Å². The molecule has 3 aliphatic rings. The number of hydrogen-bond acceptors (Lipinski definition) is 3. The van der Waals surface area contributed by atoms with Gasteiger partial charge in [0, 0.05) is 38.6 Å². The Labute approximate surface area is 179 Å². The number of alkyl halides is 3. The summed E-state index contributed by atoms with van der Waals surface area (Å²) in [7, 11) is 0. The van der Waals surface area contributed by atoms with Crippen LogP contribution in [0, 0.1) is 17.8 Å². The summed E-state index contributed by atoms with van der Waals surface area (Å²) in [5.74, 6) is 0.744. The molecular weight excluding hydrogens is 411 g/mol. The predicted octanol–water partition coefficient (Wildman–Crippen LogP) is 3.12. The highest BCUT2D eigenvalue weighted by Gasteiger charge is 2.50. The molecule has 6 nitrogen and oxygen atoms in total. The topological polar surface area (TPSA) is 61.9 Å². The van der Waals surface area contributed by atoms with Crippen molar-refractivity contribution in [3.63, 3.8) is 0 Å². The minimum atomic E-state index is -4.37. The van der Waals surface area contributed by atoms with Gasteiger partial charge in [0.05, 0.1) is 18.8 Å². The summed E-state index contributed by atoms with van der Waals surface area (Å²) in [4.78, 5) is 28.7. The van der Waals surface area contributed by atoms with Gasteiger partial charge in [0.25, 0.3) is 0 Å². The second-order valence-electron chi connectivity index (χ2n) is 8.81. The van der Waals surface area contributed by atoms with Gasteiger partial charge in [-0.05, 0) is 41.9 Å². The molecule has 0 aromatic heterocycles. The van der Waals surface area contributed by atoms with Gasteiger partial charge in [0.15, 0.2) is 0 Å². The van der Waals surface area contributed by atoms with Crippen molar-refractivity contribution in [2.24, 2.45) is 17.8 Å². The third-order valence-electron chi connectivity index (χ3n) is 6.94. The number of ether oxygens (including phenoxy) is 1. The summed E-state index contributed by atoms with van der Waals surface area (Å²) in [5.41, 5.74) is 0.00570. The van der Waals surface area contributed by atoms with Crippen LogP contribution in [0.1, 0.15) is 30.9 Å². The molecule has 9 heteroatoms. The Morgan fingerprint density at radius 3 is 2.52 bits per heavy atom. The number of benzene rings is 1. The Hall–Kier alpha value is -2.29. The van der Waals surface area contributed by atoms with Crippen LogP contribution in [0.15, 0.2) is 24.3 Å². The molecule has 170 valence electrons. The van der Waals surface area contributed by atoms with Crippen LogP contribution in [0.2, 0.25) is 0 Å². The molecule has 4 rings (SSSR count). The average molecular weight is 439 g/mol. The third-order valence-corrected chi connectivity index (χ3v) is 6.94. The van der Waals surface area contributed by atoms with Gasteiger partial charge in [0.1, 0.15) is 0 Å². The van der Waals surface area contributed by atoms with Crippen molar-refractivity contribution >= 4 is 11.9 Å². The number of halogens is 3. The summed E-state index contributed by atoms with van der Waals surface area (Å²) in [6, 6.07) is 4.99. The largest absolute Gasteiger partial charge is 0.416 e. The van der Waals surface area contributed by atoms with Crippen molar-refractivity contribution in [1.82, 2.24) is 15.1 Å². The quantitative estimate of drug-likeness (QED) is 0.784. The zero-order valence-corrected chi connectivity index (χ0v) is 17.5. The third kappa shape index (κ3) is 4.66. The minimum absolute atomic E-state index is 0.0336. The maximum atomic E-state index is 12.8. The van der Waals surface area contributed by atoms with E-state index in [9.17, 15) is 22.8 Å². The first kappa shape index (κ1) is 21.9. The average Bonchev–Trinajstić information content (AvgIpc) is 3.20. The molecule has 1 aromatic rings. The fraction of sp³-hybridized carbons (Fsp3) is 0.636. The number of carbonyl (C=O) groups is 2. The van der Waals surface area contributed by atoms with Gasteiger partial charge in [-0.25, -0.2) is 4.79 Å². The van der Waals surface area contributed by atoms with Crippen molar-refractivity contribution in [2.45, 2.75) is 38.5 Å². The summed E-state index contributed by atoms with van der Waals surface area (Å²) in [5, 5.41) is 3.03. The molecule has 1 N–H and O–H groups in total. The van der Waals surface area contributed by atoms with E-state index in [1.165, 1.54) is 12.1 Å². The van der Waals surface area contributed by atoms with E-state index >= 15 is 0 Å². The molecule has 4 atom stereocenters. The normalized spacial score (nSPS) is 28.7.